The number of aliphatic hydroxyl groups excluding tert-OH is 2. The first-order valence-corrected chi connectivity index (χ1v) is 6.92. The molecule has 0 radical (unpaired) electrons. The van der Waals surface area contributed by atoms with E-state index >= 15 is 0 Å². The second kappa shape index (κ2) is 8.39. The van der Waals surface area contributed by atoms with Crippen molar-refractivity contribution in [1.82, 2.24) is 4.90 Å². The third-order valence-electron chi connectivity index (χ3n) is 3.05. The molecule has 21 heavy (non-hydrogen) atoms. The van der Waals surface area contributed by atoms with E-state index in [1.54, 1.807) is 12.1 Å². The van der Waals surface area contributed by atoms with E-state index in [9.17, 15) is 9.59 Å². The summed E-state index contributed by atoms with van der Waals surface area (Å²) in [7, 11) is 0. The fourth-order valence-corrected chi connectivity index (χ4v) is 1.99. The summed E-state index contributed by atoms with van der Waals surface area (Å²) in [6, 6.07) is 7.29. The lowest BCUT2D eigenvalue weighted by molar-refractivity contribution is -0.143. The number of carbonyl (C=O) groups excluding carboxylic acids is 2. The summed E-state index contributed by atoms with van der Waals surface area (Å²) >= 11 is 0. The van der Waals surface area contributed by atoms with E-state index in [2.05, 4.69) is 5.32 Å². The van der Waals surface area contributed by atoms with Crippen LogP contribution < -0.4 is 5.32 Å². The van der Waals surface area contributed by atoms with Crippen LogP contribution in [0.3, 0.4) is 0 Å². The Morgan fingerprint density at radius 1 is 1.14 bits per heavy atom. The van der Waals surface area contributed by atoms with Crippen LogP contribution in [0, 0.1) is 0 Å². The molecule has 0 aliphatic carbocycles. The molecule has 1 rings (SSSR count). The number of para-hydroxylation sites is 1. The summed E-state index contributed by atoms with van der Waals surface area (Å²) < 4.78 is 0. The standard InChI is InChI=1S/C15H22N2O4/c1-11(2)12-5-3-4-6-13(12)16-14(20)15(21)17(7-9-18)8-10-19/h3-6,11,18-19H,7-10H2,1-2H3,(H,16,20). The van der Waals surface area contributed by atoms with Crippen LogP contribution in [-0.2, 0) is 9.59 Å². The van der Waals surface area contributed by atoms with Gasteiger partial charge in [-0.2, -0.15) is 0 Å². The second-order valence-electron chi connectivity index (χ2n) is 4.94. The van der Waals surface area contributed by atoms with Gasteiger partial charge in [0.2, 0.25) is 0 Å². The Balaban J connectivity index is 2.82. The highest BCUT2D eigenvalue weighted by atomic mass is 16.3. The molecule has 0 fully saturated rings. The minimum Gasteiger partial charge on any atom is -0.395 e. The first kappa shape index (κ1) is 17.1. The maximum Gasteiger partial charge on any atom is 0.313 e. The predicted molar refractivity (Wildman–Crippen MR) is 79.9 cm³/mol. The van der Waals surface area contributed by atoms with Crippen molar-refractivity contribution >= 4 is 17.5 Å². The van der Waals surface area contributed by atoms with E-state index in [1.165, 1.54) is 0 Å². The van der Waals surface area contributed by atoms with E-state index in [1.807, 2.05) is 26.0 Å². The predicted octanol–water partition coefficient (Wildman–Crippen LogP) is 0.562. The van der Waals surface area contributed by atoms with Gasteiger partial charge in [0, 0.05) is 18.8 Å². The van der Waals surface area contributed by atoms with E-state index in [0.29, 0.717) is 5.69 Å². The number of nitrogens with one attached hydrogen (secondary N) is 1. The smallest absolute Gasteiger partial charge is 0.313 e. The quantitative estimate of drug-likeness (QED) is 0.669. The molecule has 0 aliphatic rings. The van der Waals surface area contributed by atoms with E-state index in [0.717, 1.165) is 10.5 Å². The number of aliphatic hydroxyl groups is 2. The summed E-state index contributed by atoms with van der Waals surface area (Å²) in [5.74, 6) is -1.33. The first-order chi connectivity index (χ1) is 10.0. The van der Waals surface area contributed by atoms with E-state index in [4.69, 9.17) is 10.2 Å². The highest BCUT2D eigenvalue weighted by Crippen LogP contribution is 2.23. The van der Waals surface area contributed by atoms with Gasteiger partial charge in [0.25, 0.3) is 0 Å². The number of benzene rings is 1. The molecule has 0 saturated carbocycles. The molecule has 6 nitrogen and oxygen atoms in total. The molecule has 2 amide bonds. The van der Waals surface area contributed by atoms with Crippen LogP contribution in [0.25, 0.3) is 0 Å². The Labute approximate surface area is 124 Å². The Hall–Kier alpha value is -1.92. The molecule has 6 heteroatoms. The molecule has 3 N–H and O–H groups in total. The fourth-order valence-electron chi connectivity index (χ4n) is 1.99. The number of anilines is 1. The molecule has 0 spiro atoms. The van der Waals surface area contributed by atoms with Crippen molar-refractivity contribution in [2.24, 2.45) is 0 Å². The SMILES string of the molecule is CC(C)c1ccccc1NC(=O)C(=O)N(CCO)CCO. The summed E-state index contributed by atoms with van der Waals surface area (Å²) in [4.78, 5) is 25.1. The number of nitrogens with zero attached hydrogens (tertiary/aromatic N) is 1. The van der Waals surface area contributed by atoms with Gasteiger partial charge in [0.05, 0.1) is 13.2 Å². The van der Waals surface area contributed by atoms with E-state index < -0.39 is 11.8 Å². The van der Waals surface area contributed by atoms with Gasteiger partial charge in [-0.15, -0.1) is 0 Å². The zero-order valence-electron chi connectivity index (χ0n) is 12.4. The van der Waals surface area contributed by atoms with Gasteiger partial charge in [0.15, 0.2) is 0 Å². The monoisotopic (exact) mass is 294 g/mol. The fraction of sp³-hybridized carbons (Fsp3) is 0.467. The molecule has 0 unspecified atom stereocenters. The van der Waals surface area contributed by atoms with Gasteiger partial charge in [-0.05, 0) is 17.5 Å². The normalized spacial score (nSPS) is 10.5. The number of carbonyl (C=O) groups is 2. The Bertz CT molecular complexity index is 482. The number of rotatable bonds is 6. The molecule has 1 aromatic carbocycles. The first-order valence-electron chi connectivity index (χ1n) is 6.92. The zero-order valence-corrected chi connectivity index (χ0v) is 12.4. The third-order valence-corrected chi connectivity index (χ3v) is 3.05. The molecule has 0 bridgehead atoms. The summed E-state index contributed by atoms with van der Waals surface area (Å²) in [6.07, 6.45) is 0. The van der Waals surface area contributed by atoms with Gasteiger partial charge >= 0.3 is 11.8 Å². The van der Waals surface area contributed by atoms with Crippen molar-refractivity contribution in [1.29, 1.82) is 0 Å². The van der Waals surface area contributed by atoms with Crippen molar-refractivity contribution in [3.05, 3.63) is 29.8 Å². The highest BCUT2D eigenvalue weighted by Gasteiger charge is 2.22. The van der Waals surface area contributed by atoms with Gasteiger partial charge in [-0.1, -0.05) is 32.0 Å². The zero-order chi connectivity index (χ0) is 15.8. The molecule has 0 atom stereocenters. The minimum atomic E-state index is -0.773. The van der Waals surface area contributed by atoms with Crippen molar-refractivity contribution in [2.45, 2.75) is 19.8 Å². The molecule has 0 aromatic heterocycles. The highest BCUT2D eigenvalue weighted by molar-refractivity contribution is 6.39. The summed E-state index contributed by atoms with van der Waals surface area (Å²) in [5, 5.41) is 20.4. The minimum absolute atomic E-state index is 0.0125. The summed E-state index contributed by atoms with van der Waals surface area (Å²) in [5.41, 5.74) is 1.54. The van der Waals surface area contributed by atoms with Crippen LogP contribution in [0.4, 0.5) is 5.69 Å². The van der Waals surface area contributed by atoms with Crippen LogP contribution in [0.5, 0.6) is 0 Å². The lowest BCUT2D eigenvalue weighted by Crippen LogP contribution is -2.42. The molecule has 0 aliphatic heterocycles. The molecule has 0 heterocycles. The third kappa shape index (κ3) is 4.84. The van der Waals surface area contributed by atoms with E-state index in [-0.39, 0.29) is 32.2 Å². The average molecular weight is 294 g/mol. The Kier molecular flexibility index (Phi) is 6.84. The molecule has 1 aromatic rings. The Morgan fingerprint density at radius 3 is 2.24 bits per heavy atom. The van der Waals surface area contributed by atoms with Crippen molar-refractivity contribution in [2.75, 3.05) is 31.6 Å². The number of amides is 2. The topological polar surface area (TPSA) is 89.9 Å². The van der Waals surface area contributed by atoms with Crippen LogP contribution >= 0.6 is 0 Å². The average Bonchev–Trinajstić information content (AvgIpc) is 2.46. The van der Waals surface area contributed by atoms with Crippen molar-refractivity contribution in [3.63, 3.8) is 0 Å². The molecular weight excluding hydrogens is 272 g/mol. The molecule has 0 saturated heterocycles. The van der Waals surface area contributed by atoms with Crippen molar-refractivity contribution < 1.29 is 19.8 Å². The van der Waals surface area contributed by atoms with Crippen LogP contribution in [0.1, 0.15) is 25.3 Å². The molecular formula is C15H22N2O4. The van der Waals surface area contributed by atoms with Crippen LogP contribution in [0.2, 0.25) is 0 Å². The second-order valence-corrected chi connectivity index (χ2v) is 4.94. The van der Waals surface area contributed by atoms with Crippen LogP contribution in [-0.4, -0.2) is 53.2 Å². The number of hydrogen-bond donors (Lipinski definition) is 3. The van der Waals surface area contributed by atoms with Gasteiger partial charge in [-0.3, -0.25) is 9.59 Å². The lowest BCUT2D eigenvalue weighted by atomic mass is 10.0. The lowest BCUT2D eigenvalue weighted by Gasteiger charge is -2.20. The number of hydrogen-bond acceptors (Lipinski definition) is 4. The van der Waals surface area contributed by atoms with Gasteiger partial charge in [-0.25, -0.2) is 0 Å². The summed E-state index contributed by atoms with van der Waals surface area (Å²) in [6.45, 7) is 3.49. The Morgan fingerprint density at radius 2 is 1.71 bits per heavy atom. The van der Waals surface area contributed by atoms with Gasteiger partial charge in [0.1, 0.15) is 0 Å². The largest absolute Gasteiger partial charge is 0.395 e. The maximum absolute atomic E-state index is 12.0. The van der Waals surface area contributed by atoms with Crippen LogP contribution in [0.15, 0.2) is 24.3 Å². The molecule has 116 valence electrons. The van der Waals surface area contributed by atoms with Gasteiger partial charge < -0.3 is 20.4 Å². The van der Waals surface area contributed by atoms with Crippen molar-refractivity contribution in [3.8, 4) is 0 Å². The maximum atomic E-state index is 12.0.